The lowest BCUT2D eigenvalue weighted by atomic mass is 9.84. The van der Waals surface area contributed by atoms with Crippen molar-refractivity contribution in [2.45, 2.75) is 4.75 Å². The molecule has 0 amide bonds. The number of hydrogen-bond acceptors (Lipinski definition) is 2. The van der Waals surface area contributed by atoms with Gasteiger partial charge in [-0.05, 0) is 39.8 Å². The molecule has 0 aliphatic rings. The van der Waals surface area contributed by atoms with Gasteiger partial charge in [-0.2, -0.15) is 0 Å². The third kappa shape index (κ3) is 3.78. The van der Waals surface area contributed by atoms with Crippen LogP contribution in [0.1, 0.15) is 22.3 Å². The highest BCUT2D eigenvalue weighted by Gasteiger charge is 2.36. The van der Waals surface area contributed by atoms with Crippen LogP contribution in [-0.2, 0) is 4.75 Å². The zero-order valence-electron chi connectivity index (χ0n) is 15.5. The molecule has 0 N–H and O–H groups in total. The highest BCUT2D eigenvalue weighted by molar-refractivity contribution is 8.03. The van der Waals surface area contributed by atoms with Crippen LogP contribution in [0.25, 0.3) is 6.08 Å². The van der Waals surface area contributed by atoms with Gasteiger partial charge in [-0.15, -0.1) is 11.8 Å². The van der Waals surface area contributed by atoms with Gasteiger partial charge in [-0.3, -0.25) is 4.98 Å². The molecule has 0 aliphatic carbocycles. The second kappa shape index (κ2) is 8.73. The summed E-state index contributed by atoms with van der Waals surface area (Å²) in [4.78, 5) is 4.21. The monoisotopic (exact) mass is 379 g/mol. The summed E-state index contributed by atoms with van der Waals surface area (Å²) in [6.07, 6.45) is 5.81. The average molecular weight is 380 g/mol. The summed E-state index contributed by atoms with van der Waals surface area (Å²) in [5, 5.41) is 2.18. The van der Waals surface area contributed by atoms with Crippen LogP contribution in [0, 0.1) is 0 Å². The van der Waals surface area contributed by atoms with Crippen LogP contribution in [0.4, 0.5) is 0 Å². The Labute approximate surface area is 170 Å². The van der Waals surface area contributed by atoms with E-state index in [9.17, 15) is 0 Å². The fourth-order valence-electron chi connectivity index (χ4n) is 3.41. The van der Waals surface area contributed by atoms with Gasteiger partial charge in [0.25, 0.3) is 0 Å². The van der Waals surface area contributed by atoms with Crippen molar-refractivity contribution in [3.63, 3.8) is 0 Å². The van der Waals surface area contributed by atoms with E-state index in [-0.39, 0.29) is 4.75 Å². The van der Waals surface area contributed by atoms with Crippen molar-refractivity contribution in [1.29, 1.82) is 0 Å². The predicted molar refractivity (Wildman–Crippen MR) is 120 cm³/mol. The highest BCUT2D eigenvalue weighted by Crippen LogP contribution is 2.49. The quantitative estimate of drug-likeness (QED) is 0.343. The lowest BCUT2D eigenvalue weighted by Gasteiger charge is -2.34. The molecule has 1 nitrogen and oxygen atoms in total. The van der Waals surface area contributed by atoms with E-state index in [2.05, 4.69) is 114 Å². The maximum absolute atomic E-state index is 4.21. The third-order valence-electron chi connectivity index (χ3n) is 4.73. The zero-order chi connectivity index (χ0) is 19.1. The summed E-state index contributed by atoms with van der Waals surface area (Å²) in [7, 11) is 0. The smallest absolute Gasteiger partial charge is 0.0948 e. The Balaban J connectivity index is 1.87. The normalized spacial score (nSPS) is 11.6. The molecule has 0 spiro atoms. The van der Waals surface area contributed by atoms with Gasteiger partial charge < -0.3 is 0 Å². The van der Waals surface area contributed by atoms with Gasteiger partial charge in [0.2, 0.25) is 0 Å². The van der Waals surface area contributed by atoms with Crippen molar-refractivity contribution in [1.82, 2.24) is 4.98 Å². The van der Waals surface area contributed by atoms with Crippen LogP contribution in [0.2, 0.25) is 0 Å². The van der Waals surface area contributed by atoms with Crippen LogP contribution in [0.5, 0.6) is 0 Å². The van der Waals surface area contributed by atoms with Crippen molar-refractivity contribution in [2.24, 2.45) is 0 Å². The molecule has 0 bridgehead atoms. The third-order valence-corrected chi connectivity index (χ3v) is 6.06. The van der Waals surface area contributed by atoms with E-state index in [0.29, 0.717) is 0 Å². The Morgan fingerprint density at radius 3 is 1.54 bits per heavy atom. The molecular weight excluding hydrogens is 358 g/mol. The molecule has 4 aromatic rings. The van der Waals surface area contributed by atoms with E-state index < -0.39 is 0 Å². The van der Waals surface area contributed by atoms with Crippen LogP contribution < -0.4 is 0 Å². The van der Waals surface area contributed by atoms with Gasteiger partial charge in [0.1, 0.15) is 0 Å². The van der Waals surface area contributed by atoms with Crippen molar-refractivity contribution >= 4 is 17.8 Å². The Hall–Kier alpha value is -3.10. The second-order valence-electron chi connectivity index (χ2n) is 6.49. The first kappa shape index (κ1) is 18.3. The minimum absolute atomic E-state index is 0.331. The van der Waals surface area contributed by atoms with Crippen LogP contribution >= 0.6 is 11.8 Å². The fraction of sp³-hybridized carbons (Fsp3) is 0.0385. The molecule has 0 aliphatic heterocycles. The molecule has 0 atom stereocenters. The first-order chi connectivity index (χ1) is 13.9. The molecule has 1 aromatic heterocycles. The number of hydrogen-bond donors (Lipinski definition) is 0. The first-order valence-corrected chi connectivity index (χ1v) is 10.2. The first-order valence-electron chi connectivity index (χ1n) is 9.30. The van der Waals surface area contributed by atoms with Crippen molar-refractivity contribution in [3.8, 4) is 0 Å². The minimum atomic E-state index is -0.331. The summed E-state index contributed by atoms with van der Waals surface area (Å²) in [6.45, 7) is 0. The van der Waals surface area contributed by atoms with E-state index in [1.165, 1.54) is 16.7 Å². The fourth-order valence-corrected chi connectivity index (χ4v) is 4.66. The number of pyridine rings is 1. The highest BCUT2D eigenvalue weighted by atomic mass is 32.2. The zero-order valence-corrected chi connectivity index (χ0v) is 16.3. The van der Waals surface area contributed by atoms with Gasteiger partial charge in [0.15, 0.2) is 0 Å². The molecular formula is C26H21NS. The molecule has 1 heterocycles. The van der Waals surface area contributed by atoms with Crippen LogP contribution in [-0.4, -0.2) is 4.98 Å². The number of rotatable bonds is 6. The molecule has 0 radical (unpaired) electrons. The number of thioether (sulfide) groups is 1. The van der Waals surface area contributed by atoms with Crippen LogP contribution in [0.3, 0.4) is 0 Å². The number of benzene rings is 3. The Bertz CT molecular complexity index is 916. The summed E-state index contributed by atoms with van der Waals surface area (Å²) in [6, 6.07) is 36.2. The lowest BCUT2D eigenvalue weighted by molar-refractivity contribution is 0.900. The van der Waals surface area contributed by atoms with Crippen molar-refractivity contribution in [2.75, 3.05) is 0 Å². The number of aromatic nitrogens is 1. The summed E-state index contributed by atoms with van der Waals surface area (Å²) in [5.41, 5.74) is 4.87. The predicted octanol–water partition coefficient (Wildman–Crippen LogP) is 6.78. The van der Waals surface area contributed by atoms with E-state index in [0.717, 1.165) is 5.56 Å². The minimum Gasteiger partial charge on any atom is -0.264 e. The summed E-state index contributed by atoms with van der Waals surface area (Å²) >= 11 is 1.81. The maximum Gasteiger partial charge on any atom is 0.0948 e. The second-order valence-corrected chi connectivity index (χ2v) is 7.61. The summed E-state index contributed by atoms with van der Waals surface area (Å²) < 4.78 is -0.331. The average Bonchev–Trinajstić information content (AvgIpc) is 2.79. The Kier molecular flexibility index (Phi) is 5.69. The van der Waals surface area contributed by atoms with E-state index >= 15 is 0 Å². The molecule has 0 saturated carbocycles. The van der Waals surface area contributed by atoms with E-state index in [1.54, 1.807) is 6.20 Å². The standard InChI is InChI=1S/C26H21NS/c1-4-12-23(13-5-1)26(24-14-6-2-7-15-24,25-16-8-3-9-17-25)28-20-18-22-11-10-19-27-21-22/h1-21H/b20-18-. The Morgan fingerprint density at radius 2 is 1.11 bits per heavy atom. The van der Waals surface area contributed by atoms with Crippen molar-refractivity contribution < 1.29 is 0 Å². The Morgan fingerprint density at radius 1 is 0.607 bits per heavy atom. The lowest BCUT2D eigenvalue weighted by Crippen LogP contribution is -2.24. The van der Waals surface area contributed by atoms with Crippen molar-refractivity contribution in [3.05, 3.63) is 143 Å². The van der Waals surface area contributed by atoms with Gasteiger partial charge in [0, 0.05) is 12.4 Å². The molecule has 0 fully saturated rings. The van der Waals surface area contributed by atoms with E-state index in [1.807, 2.05) is 24.0 Å². The molecule has 136 valence electrons. The van der Waals surface area contributed by atoms with Gasteiger partial charge in [0.05, 0.1) is 4.75 Å². The topological polar surface area (TPSA) is 12.9 Å². The molecule has 0 unspecified atom stereocenters. The molecule has 3 aromatic carbocycles. The van der Waals surface area contributed by atoms with E-state index in [4.69, 9.17) is 0 Å². The number of nitrogens with zero attached hydrogens (tertiary/aromatic N) is 1. The molecule has 0 saturated heterocycles. The largest absolute Gasteiger partial charge is 0.264 e. The SMILES string of the molecule is C(=C/c1cccnc1)/SC(c1ccccc1)(c1ccccc1)c1ccccc1. The van der Waals surface area contributed by atoms with Crippen LogP contribution in [0.15, 0.2) is 121 Å². The molecule has 2 heteroatoms. The summed E-state index contributed by atoms with van der Waals surface area (Å²) in [5.74, 6) is 0. The van der Waals surface area contributed by atoms with Gasteiger partial charge in [-0.25, -0.2) is 0 Å². The molecule has 28 heavy (non-hydrogen) atoms. The van der Waals surface area contributed by atoms with Gasteiger partial charge in [-0.1, -0.05) is 97.1 Å². The maximum atomic E-state index is 4.21. The van der Waals surface area contributed by atoms with Gasteiger partial charge >= 0.3 is 0 Å². The molecule has 4 rings (SSSR count).